The normalized spacial score (nSPS) is 9.89. The maximum Gasteiger partial charge on any atom is 0.0489 e. The zero-order valence-corrected chi connectivity index (χ0v) is 5.20. The van der Waals surface area contributed by atoms with Gasteiger partial charge in [0.1, 0.15) is 0 Å². The van der Waals surface area contributed by atoms with Crippen molar-refractivity contribution in [2.24, 2.45) is 0 Å². The molecule has 0 aliphatic heterocycles. The van der Waals surface area contributed by atoms with E-state index < -0.39 is 0 Å². The Bertz CT molecular complexity index is 148. The molecule has 0 fully saturated rings. The van der Waals surface area contributed by atoms with E-state index in [4.69, 9.17) is 5.11 Å². The van der Waals surface area contributed by atoms with Crippen LogP contribution < -0.4 is 0 Å². The van der Waals surface area contributed by atoms with E-state index >= 15 is 0 Å². The Morgan fingerprint density at radius 3 is 3.00 bits per heavy atom. The van der Waals surface area contributed by atoms with Crippen LogP contribution in [-0.2, 0) is 6.54 Å². The number of aliphatic hydroxyl groups excluding tert-OH is 1. The Hall–Kier alpha value is -0.830. The van der Waals surface area contributed by atoms with Crippen LogP contribution in [0.15, 0.2) is 18.5 Å². The zero-order chi connectivity index (χ0) is 6.53. The number of hydrogen-bond acceptors (Lipinski definition) is 2. The monoisotopic (exact) mass is 126 g/mol. The number of aromatic nitrogens is 2. The molecule has 0 saturated heterocycles. The average molecular weight is 126 g/mol. The predicted octanol–water partition coefficient (Wildman–Crippen LogP) is 0.266. The third-order valence-electron chi connectivity index (χ3n) is 1.10. The van der Waals surface area contributed by atoms with Crippen LogP contribution in [0, 0.1) is 0 Å². The van der Waals surface area contributed by atoms with Gasteiger partial charge in [-0.15, -0.1) is 0 Å². The molecule has 1 aromatic heterocycles. The van der Waals surface area contributed by atoms with E-state index in [1.165, 1.54) is 0 Å². The van der Waals surface area contributed by atoms with Gasteiger partial charge in [-0.1, -0.05) is 0 Å². The molecule has 0 radical (unpaired) electrons. The molecule has 1 N–H and O–H groups in total. The summed E-state index contributed by atoms with van der Waals surface area (Å²) in [6.07, 6.45) is 4.40. The summed E-state index contributed by atoms with van der Waals surface area (Å²) in [5.74, 6) is 0. The minimum atomic E-state index is 0.236. The summed E-state index contributed by atoms with van der Waals surface area (Å²) >= 11 is 0. The summed E-state index contributed by atoms with van der Waals surface area (Å²) < 4.78 is 1.80. The highest BCUT2D eigenvalue weighted by molar-refractivity contribution is 4.77. The van der Waals surface area contributed by atoms with Crippen LogP contribution in [0.1, 0.15) is 6.42 Å². The molecule has 50 valence electrons. The zero-order valence-electron chi connectivity index (χ0n) is 5.20. The Labute approximate surface area is 53.9 Å². The number of aliphatic hydroxyl groups is 1. The standard InChI is InChI=1S/C6H10N2O/c9-6-2-5-8-4-1-3-7-8/h1,3-4,9H,2,5-6H2. The summed E-state index contributed by atoms with van der Waals surface area (Å²) in [6, 6.07) is 1.87. The topological polar surface area (TPSA) is 38.0 Å². The summed E-state index contributed by atoms with van der Waals surface area (Å²) in [5.41, 5.74) is 0. The van der Waals surface area contributed by atoms with Gasteiger partial charge in [-0.2, -0.15) is 5.10 Å². The molecule has 0 saturated carbocycles. The van der Waals surface area contributed by atoms with Crippen molar-refractivity contribution in [3.63, 3.8) is 0 Å². The average Bonchev–Trinajstić information content (AvgIpc) is 2.34. The van der Waals surface area contributed by atoms with Gasteiger partial charge >= 0.3 is 0 Å². The Morgan fingerprint density at radius 2 is 2.44 bits per heavy atom. The molecule has 0 amide bonds. The van der Waals surface area contributed by atoms with Crippen molar-refractivity contribution in [1.29, 1.82) is 0 Å². The van der Waals surface area contributed by atoms with Crippen LogP contribution in [0.5, 0.6) is 0 Å². The van der Waals surface area contributed by atoms with Crippen LogP contribution in [-0.4, -0.2) is 21.5 Å². The van der Waals surface area contributed by atoms with Crippen molar-refractivity contribution in [3.05, 3.63) is 18.5 Å². The lowest BCUT2D eigenvalue weighted by Crippen LogP contribution is -1.99. The second-order valence-electron chi connectivity index (χ2n) is 1.85. The number of aryl methyl sites for hydroxylation is 1. The highest BCUT2D eigenvalue weighted by atomic mass is 16.3. The molecular formula is C6H10N2O. The van der Waals surface area contributed by atoms with E-state index in [1.54, 1.807) is 10.9 Å². The van der Waals surface area contributed by atoms with Gasteiger partial charge in [-0.05, 0) is 12.5 Å². The Morgan fingerprint density at radius 1 is 1.56 bits per heavy atom. The number of hydrogen-bond donors (Lipinski definition) is 1. The fourth-order valence-corrected chi connectivity index (χ4v) is 0.665. The molecule has 1 aromatic rings. The van der Waals surface area contributed by atoms with Gasteiger partial charge in [-0.3, -0.25) is 4.68 Å². The molecule has 3 nitrogen and oxygen atoms in total. The highest BCUT2D eigenvalue weighted by Crippen LogP contribution is 1.86. The second kappa shape index (κ2) is 3.25. The molecule has 0 spiro atoms. The van der Waals surface area contributed by atoms with Gasteiger partial charge in [0.2, 0.25) is 0 Å². The molecule has 3 heteroatoms. The molecule has 0 unspecified atom stereocenters. The van der Waals surface area contributed by atoms with Crippen molar-refractivity contribution in [1.82, 2.24) is 9.78 Å². The second-order valence-corrected chi connectivity index (χ2v) is 1.85. The first kappa shape index (κ1) is 6.29. The number of rotatable bonds is 3. The number of nitrogens with zero attached hydrogens (tertiary/aromatic N) is 2. The lowest BCUT2D eigenvalue weighted by Gasteiger charge is -1.95. The third kappa shape index (κ3) is 1.85. The predicted molar refractivity (Wildman–Crippen MR) is 33.9 cm³/mol. The molecule has 0 aliphatic rings. The summed E-state index contributed by atoms with van der Waals surface area (Å²) in [7, 11) is 0. The first-order valence-electron chi connectivity index (χ1n) is 3.02. The van der Waals surface area contributed by atoms with Gasteiger partial charge in [0, 0.05) is 25.5 Å². The lowest BCUT2D eigenvalue weighted by atomic mass is 10.5. The van der Waals surface area contributed by atoms with Gasteiger partial charge in [0.15, 0.2) is 0 Å². The molecule has 1 rings (SSSR count). The first-order valence-corrected chi connectivity index (χ1v) is 3.02. The Kier molecular flexibility index (Phi) is 2.27. The van der Waals surface area contributed by atoms with E-state index in [1.807, 2.05) is 12.3 Å². The van der Waals surface area contributed by atoms with E-state index in [-0.39, 0.29) is 6.61 Å². The van der Waals surface area contributed by atoms with Crippen LogP contribution in [0.3, 0.4) is 0 Å². The SMILES string of the molecule is OCCCn1cccn1. The van der Waals surface area contributed by atoms with E-state index in [0.717, 1.165) is 13.0 Å². The van der Waals surface area contributed by atoms with Gasteiger partial charge in [-0.25, -0.2) is 0 Å². The van der Waals surface area contributed by atoms with Crippen molar-refractivity contribution in [2.45, 2.75) is 13.0 Å². The smallest absolute Gasteiger partial charge is 0.0489 e. The third-order valence-corrected chi connectivity index (χ3v) is 1.10. The first-order chi connectivity index (χ1) is 4.43. The summed E-state index contributed by atoms with van der Waals surface area (Å²) in [4.78, 5) is 0. The molecule has 0 atom stereocenters. The van der Waals surface area contributed by atoms with Crippen LogP contribution >= 0.6 is 0 Å². The van der Waals surface area contributed by atoms with E-state index in [2.05, 4.69) is 5.10 Å². The highest BCUT2D eigenvalue weighted by Gasteiger charge is 1.86. The molecule has 0 aromatic carbocycles. The fourth-order valence-electron chi connectivity index (χ4n) is 0.665. The fraction of sp³-hybridized carbons (Fsp3) is 0.500. The van der Waals surface area contributed by atoms with E-state index in [9.17, 15) is 0 Å². The minimum Gasteiger partial charge on any atom is -0.396 e. The van der Waals surface area contributed by atoms with Crippen molar-refractivity contribution in [3.8, 4) is 0 Å². The van der Waals surface area contributed by atoms with E-state index in [0.29, 0.717) is 0 Å². The molecule has 1 heterocycles. The van der Waals surface area contributed by atoms with Crippen LogP contribution in [0.25, 0.3) is 0 Å². The Balaban J connectivity index is 2.30. The lowest BCUT2D eigenvalue weighted by molar-refractivity contribution is 0.277. The molecular weight excluding hydrogens is 116 g/mol. The largest absolute Gasteiger partial charge is 0.396 e. The van der Waals surface area contributed by atoms with Crippen molar-refractivity contribution >= 4 is 0 Å². The quantitative estimate of drug-likeness (QED) is 0.631. The van der Waals surface area contributed by atoms with Gasteiger partial charge in [0.25, 0.3) is 0 Å². The van der Waals surface area contributed by atoms with Crippen LogP contribution in [0.4, 0.5) is 0 Å². The summed E-state index contributed by atoms with van der Waals surface area (Å²) in [5, 5.41) is 12.4. The van der Waals surface area contributed by atoms with Crippen molar-refractivity contribution in [2.75, 3.05) is 6.61 Å². The molecule has 9 heavy (non-hydrogen) atoms. The van der Waals surface area contributed by atoms with Gasteiger partial charge < -0.3 is 5.11 Å². The maximum absolute atomic E-state index is 8.42. The van der Waals surface area contributed by atoms with Gasteiger partial charge in [0.05, 0.1) is 0 Å². The minimum absolute atomic E-state index is 0.236. The molecule has 0 bridgehead atoms. The maximum atomic E-state index is 8.42. The molecule has 0 aliphatic carbocycles. The van der Waals surface area contributed by atoms with Crippen LogP contribution in [0.2, 0.25) is 0 Å². The summed E-state index contributed by atoms with van der Waals surface area (Å²) in [6.45, 7) is 1.04. The van der Waals surface area contributed by atoms with Crippen molar-refractivity contribution < 1.29 is 5.11 Å².